The molecule has 104 valence electrons. The van der Waals surface area contributed by atoms with Crippen molar-refractivity contribution in [3.63, 3.8) is 0 Å². The highest BCUT2D eigenvalue weighted by atomic mass is 16.6. The van der Waals surface area contributed by atoms with Crippen LogP contribution in [0, 0.1) is 0 Å². The Morgan fingerprint density at radius 2 is 1.89 bits per heavy atom. The van der Waals surface area contributed by atoms with Gasteiger partial charge < -0.3 is 10.2 Å². The molecule has 0 bridgehead atoms. The summed E-state index contributed by atoms with van der Waals surface area (Å²) < 4.78 is 0. The molecule has 0 heterocycles. The van der Waals surface area contributed by atoms with E-state index in [-0.39, 0.29) is 5.91 Å². The number of carbonyl (C=O) groups excluding carboxylic acids is 1. The second-order valence-electron chi connectivity index (χ2n) is 5.27. The molecule has 0 aromatic heterocycles. The fraction of sp³-hybridized carbons (Fsp3) is 0.467. The van der Waals surface area contributed by atoms with Crippen LogP contribution < -0.4 is 5.32 Å². The van der Waals surface area contributed by atoms with Gasteiger partial charge in [-0.1, -0.05) is 42.4 Å². The Kier molecular flexibility index (Phi) is 5.55. The maximum atomic E-state index is 12.1. The summed E-state index contributed by atoms with van der Waals surface area (Å²) in [6.45, 7) is 8.31. The first-order valence-electron chi connectivity index (χ1n) is 6.54. The molecule has 1 N–H and O–H groups in total. The van der Waals surface area contributed by atoms with Crippen molar-refractivity contribution in [2.45, 2.75) is 39.7 Å². The smallest absolute Gasteiger partial charge is 0.273 e. The van der Waals surface area contributed by atoms with E-state index in [1.165, 1.54) is 0 Å². The van der Waals surface area contributed by atoms with E-state index in [9.17, 15) is 4.79 Å². The number of benzene rings is 1. The molecule has 0 spiro atoms. The minimum absolute atomic E-state index is 0.211. The lowest BCUT2D eigenvalue weighted by Crippen LogP contribution is -2.33. The Balaban J connectivity index is 2.95. The predicted molar refractivity (Wildman–Crippen MR) is 77.1 cm³/mol. The second kappa shape index (κ2) is 6.92. The minimum atomic E-state index is -0.426. The maximum absolute atomic E-state index is 12.1. The van der Waals surface area contributed by atoms with Crippen molar-refractivity contribution in [1.82, 2.24) is 5.32 Å². The van der Waals surface area contributed by atoms with Gasteiger partial charge in [-0.3, -0.25) is 4.79 Å². The van der Waals surface area contributed by atoms with Crippen LogP contribution in [-0.2, 0) is 9.63 Å². The van der Waals surface area contributed by atoms with Crippen molar-refractivity contribution < 1.29 is 9.63 Å². The molecule has 4 heteroatoms. The molecular weight excluding hydrogens is 240 g/mol. The summed E-state index contributed by atoms with van der Waals surface area (Å²) in [7, 11) is 0. The van der Waals surface area contributed by atoms with E-state index < -0.39 is 5.60 Å². The van der Waals surface area contributed by atoms with Gasteiger partial charge in [-0.05, 0) is 27.2 Å². The van der Waals surface area contributed by atoms with Crippen LogP contribution >= 0.6 is 0 Å². The zero-order valence-electron chi connectivity index (χ0n) is 12.1. The summed E-state index contributed by atoms with van der Waals surface area (Å²) in [5.41, 5.74) is 0.634. The number of rotatable bonds is 5. The van der Waals surface area contributed by atoms with E-state index >= 15 is 0 Å². The van der Waals surface area contributed by atoms with Gasteiger partial charge in [0.15, 0.2) is 5.71 Å². The average molecular weight is 262 g/mol. The van der Waals surface area contributed by atoms with Gasteiger partial charge >= 0.3 is 0 Å². The molecule has 0 radical (unpaired) electrons. The zero-order valence-corrected chi connectivity index (χ0v) is 12.1. The van der Waals surface area contributed by atoms with Crippen LogP contribution in [0.15, 0.2) is 35.5 Å². The zero-order chi connectivity index (χ0) is 14.3. The van der Waals surface area contributed by atoms with Crippen LogP contribution in [0.1, 0.15) is 39.7 Å². The molecule has 0 aliphatic rings. The van der Waals surface area contributed by atoms with Crippen molar-refractivity contribution in [3.8, 4) is 0 Å². The van der Waals surface area contributed by atoms with Crippen LogP contribution in [-0.4, -0.2) is 23.8 Å². The van der Waals surface area contributed by atoms with Crippen molar-refractivity contribution in [3.05, 3.63) is 35.9 Å². The third-order valence-electron chi connectivity index (χ3n) is 2.21. The van der Waals surface area contributed by atoms with Crippen LogP contribution in [0.2, 0.25) is 0 Å². The summed E-state index contributed by atoms with van der Waals surface area (Å²) in [6.07, 6.45) is 0.883. The SMILES string of the molecule is CCCNC(=O)C(=NOC(C)(C)C)c1ccccc1. The molecule has 0 saturated heterocycles. The van der Waals surface area contributed by atoms with E-state index in [2.05, 4.69) is 10.5 Å². The Morgan fingerprint density at radius 3 is 2.42 bits per heavy atom. The Hall–Kier alpha value is -1.84. The van der Waals surface area contributed by atoms with Gasteiger partial charge in [-0.25, -0.2) is 0 Å². The largest absolute Gasteiger partial charge is 0.389 e. The number of carbonyl (C=O) groups is 1. The molecule has 0 aliphatic carbocycles. The molecule has 0 atom stereocenters. The van der Waals surface area contributed by atoms with Gasteiger partial charge in [0.1, 0.15) is 5.60 Å². The van der Waals surface area contributed by atoms with Gasteiger partial charge in [0, 0.05) is 12.1 Å². The quantitative estimate of drug-likeness (QED) is 0.655. The Bertz CT molecular complexity index is 433. The minimum Gasteiger partial charge on any atom is -0.389 e. The van der Waals surface area contributed by atoms with Crippen molar-refractivity contribution >= 4 is 11.6 Å². The first-order chi connectivity index (χ1) is 8.94. The van der Waals surface area contributed by atoms with E-state index in [0.717, 1.165) is 12.0 Å². The number of amides is 1. The lowest BCUT2D eigenvalue weighted by Gasteiger charge is -2.17. The van der Waals surface area contributed by atoms with Crippen LogP contribution in [0.5, 0.6) is 0 Å². The summed E-state index contributed by atoms with van der Waals surface area (Å²) in [6, 6.07) is 9.33. The molecule has 1 amide bonds. The van der Waals surface area contributed by atoms with E-state index in [1.54, 1.807) is 0 Å². The number of nitrogens with one attached hydrogen (secondary N) is 1. The number of nitrogens with zero attached hydrogens (tertiary/aromatic N) is 1. The fourth-order valence-electron chi connectivity index (χ4n) is 1.33. The first-order valence-corrected chi connectivity index (χ1v) is 6.54. The third kappa shape index (κ3) is 5.55. The molecule has 4 nitrogen and oxygen atoms in total. The number of hydrogen-bond acceptors (Lipinski definition) is 3. The predicted octanol–water partition coefficient (Wildman–Crippen LogP) is 2.73. The molecule has 0 aliphatic heterocycles. The molecule has 0 fully saturated rings. The van der Waals surface area contributed by atoms with Crippen LogP contribution in [0.25, 0.3) is 0 Å². The molecular formula is C15H22N2O2. The molecule has 1 aromatic rings. The van der Waals surface area contributed by atoms with Gasteiger partial charge in [-0.2, -0.15) is 0 Å². The summed E-state index contributed by atoms with van der Waals surface area (Å²) >= 11 is 0. The highest BCUT2D eigenvalue weighted by Crippen LogP contribution is 2.09. The van der Waals surface area contributed by atoms with Gasteiger partial charge in [0.05, 0.1) is 0 Å². The molecule has 1 rings (SSSR count). The number of hydrogen-bond donors (Lipinski definition) is 1. The average Bonchev–Trinajstić information content (AvgIpc) is 2.36. The third-order valence-corrected chi connectivity index (χ3v) is 2.21. The highest BCUT2D eigenvalue weighted by molar-refractivity contribution is 6.45. The Morgan fingerprint density at radius 1 is 1.26 bits per heavy atom. The van der Waals surface area contributed by atoms with E-state index in [0.29, 0.717) is 12.3 Å². The first kappa shape index (κ1) is 15.2. The van der Waals surface area contributed by atoms with E-state index in [4.69, 9.17) is 4.84 Å². The summed E-state index contributed by atoms with van der Waals surface area (Å²) in [4.78, 5) is 17.5. The standard InChI is InChI=1S/C15H22N2O2/c1-5-11-16-14(18)13(17-19-15(2,3)4)12-9-7-6-8-10-12/h6-10H,5,11H2,1-4H3,(H,16,18). The normalized spacial score (nSPS) is 12.1. The lowest BCUT2D eigenvalue weighted by molar-refractivity contribution is -0.115. The maximum Gasteiger partial charge on any atom is 0.273 e. The summed E-state index contributed by atoms with van der Waals surface area (Å²) in [5.74, 6) is -0.211. The van der Waals surface area contributed by atoms with Gasteiger partial charge in [-0.15, -0.1) is 0 Å². The van der Waals surface area contributed by atoms with Crippen molar-refractivity contribution in [2.75, 3.05) is 6.54 Å². The van der Waals surface area contributed by atoms with Crippen molar-refractivity contribution in [2.24, 2.45) is 5.16 Å². The van der Waals surface area contributed by atoms with Crippen LogP contribution in [0.3, 0.4) is 0 Å². The van der Waals surface area contributed by atoms with Crippen molar-refractivity contribution in [1.29, 1.82) is 0 Å². The fourth-order valence-corrected chi connectivity index (χ4v) is 1.33. The monoisotopic (exact) mass is 262 g/mol. The van der Waals surface area contributed by atoms with E-state index in [1.807, 2.05) is 58.0 Å². The second-order valence-corrected chi connectivity index (χ2v) is 5.27. The number of oxime groups is 1. The molecule has 0 saturated carbocycles. The topological polar surface area (TPSA) is 50.7 Å². The molecule has 19 heavy (non-hydrogen) atoms. The lowest BCUT2D eigenvalue weighted by atomic mass is 10.1. The van der Waals surface area contributed by atoms with Gasteiger partial charge in [0.2, 0.25) is 0 Å². The molecule has 0 unspecified atom stereocenters. The Labute approximate surface area is 114 Å². The molecule has 1 aromatic carbocycles. The highest BCUT2D eigenvalue weighted by Gasteiger charge is 2.17. The summed E-state index contributed by atoms with van der Waals surface area (Å²) in [5, 5.41) is 6.84. The van der Waals surface area contributed by atoms with Gasteiger partial charge in [0.25, 0.3) is 5.91 Å². The van der Waals surface area contributed by atoms with Crippen LogP contribution in [0.4, 0.5) is 0 Å².